The van der Waals surface area contributed by atoms with E-state index in [1.807, 2.05) is 19.1 Å². The van der Waals surface area contributed by atoms with Crippen molar-refractivity contribution in [2.24, 2.45) is 5.16 Å². The lowest BCUT2D eigenvalue weighted by Crippen LogP contribution is -2.16. The van der Waals surface area contributed by atoms with Gasteiger partial charge in [0.25, 0.3) is 5.78 Å². The molecule has 2 rings (SSSR count). The van der Waals surface area contributed by atoms with Gasteiger partial charge in [-0.1, -0.05) is 17.3 Å². The van der Waals surface area contributed by atoms with E-state index >= 15 is 0 Å². The summed E-state index contributed by atoms with van der Waals surface area (Å²) in [6, 6.07) is 13.6. The molecule has 2 aromatic rings. The van der Waals surface area contributed by atoms with E-state index in [4.69, 9.17) is 9.57 Å². The smallest absolute Gasteiger partial charge is 0.379 e. The summed E-state index contributed by atoms with van der Waals surface area (Å²) in [5.74, 6) is -0.891. The Morgan fingerprint density at radius 1 is 0.958 bits per heavy atom. The van der Waals surface area contributed by atoms with Crippen molar-refractivity contribution in [1.82, 2.24) is 0 Å². The average molecular weight is 327 g/mol. The largest absolute Gasteiger partial charge is 0.463 e. The van der Waals surface area contributed by atoms with Crippen LogP contribution >= 0.6 is 0 Å². The van der Waals surface area contributed by atoms with E-state index in [2.05, 4.69) is 9.89 Å². The second-order valence-electron chi connectivity index (χ2n) is 4.80. The van der Waals surface area contributed by atoms with Gasteiger partial charge in [-0.15, -0.1) is 0 Å². The maximum Gasteiger partial charge on any atom is 0.379 e. The number of para-hydroxylation sites is 1. The van der Waals surface area contributed by atoms with Gasteiger partial charge in [-0.25, -0.2) is 4.79 Å². The number of oxime groups is 1. The lowest BCUT2D eigenvalue weighted by Gasteiger charge is -2.10. The summed E-state index contributed by atoms with van der Waals surface area (Å²) in [6.07, 6.45) is 0. The Bertz CT molecular complexity index is 765. The third-order valence-electron chi connectivity index (χ3n) is 3.23. The number of carbonyl (C=O) groups is 2. The highest BCUT2D eigenvalue weighted by atomic mass is 16.6. The highest BCUT2D eigenvalue weighted by Crippen LogP contribution is 2.26. The van der Waals surface area contributed by atoms with Gasteiger partial charge in [0.1, 0.15) is 18.6 Å². The number of nitrogens with zero attached hydrogens (tertiary/aromatic N) is 1. The molecule has 0 fully saturated rings. The van der Waals surface area contributed by atoms with Crippen molar-refractivity contribution in [3.8, 4) is 11.5 Å². The second kappa shape index (κ2) is 7.92. The highest BCUT2D eigenvalue weighted by molar-refractivity contribution is 6.41. The van der Waals surface area contributed by atoms with E-state index in [1.165, 1.54) is 13.2 Å². The van der Waals surface area contributed by atoms with E-state index in [1.54, 1.807) is 30.3 Å². The molecule has 0 aliphatic carbocycles. The zero-order valence-corrected chi connectivity index (χ0v) is 13.6. The number of ether oxygens (including phenoxy) is 2. The van der Waals surface area contributed by atoms with Crippen LogP contribution < -0.4 is 4.74 Å². The monoisotopic (exact) mass is 327 g/mol. The van der Waals surface area contributed by atoms with Crippen molar-refractivity contribution in [2.75, 3.05) is 14.2 Å². The number of rotatable bonds is 6. The standard InChI is InChI=1S/C18H17NO5/c1-12(19-23-3)13-8-10-14(11-9-13)24-16-7-5-4-6-15(16)17(20)18(21)22-2/h4-11H,1-3H3/b19-12+. The van der Waals surface area contributed by atoms with Crippen LogP contribution in [0.2, 0.25) is 0 Å². The van der Waals surface area contributed by atoms with Crippen molar-refractivity contribution in [3.05, 3.63) is 59.7 Å². The van der Waals surface area contributed by atoms with Crippen molar-refractivity contribution >= 4 is 17.5 Å². The van der Waals surface area contributed by atoms with Crippen LogP contribution in [0.25, 0.3) is 0 Å². The number of benzene rings is 2. The molecular formula is C18H17NO5. The second-order valence-corrected chi connectivity index (χ2v) is 4.80. The molecule has 24 heavy (non-hydrogen) atoms. The van der Waals surface area contributed by atoms with E-state index in [9.17, 15) is 9.59 Å². The Labute approximate surface area is 139 Å². The summed E-state index contributed by atoms with van der Waals surface area (Å²) in [4.78, 5) is 28.2. The maximum atomic E-state index is 12.0. The van der Waals surface area contributed by atoms with Crippen LogP contribution in [0.5, 0.6) is 11.5 Å². The summed E-state index contributed by atoms with van der Waals surface area (Å²) in [6.45, 7) is 1.82. The van der Waals surface area contributed by atoms with Gasteiger partial charge in [0, 0.05) is 0 Å². The van der Waals surface area contributed by atoms with E-state index in [0.717, 1.165) is 18.4 Å². The maximum absolute atomic E-state index is 12.0. The van der Waals surface area contributed by atoms with Gasteiger partial charge >= 0.3 is 5.97 Å². The summed E-state index contributed by atoms with van der Waals surface area (Å²) < 4.78 is 10.2. The van der Waals surface area contributed by atoms with Gasteiger partial charge in [0.2, 0.25) is 0 Å². The molecule has 0 aliphatic heterocycles. The zero-order chi connectivity index (χ0) is 17.5. The van der Waals surface area contributed by atoms with E-state index in [-0.39, 0.29) is 11.3 Å². The van der Waals surface area contributed by atoms with Crippen LogP contribution in [0.3, 0.4) is 0 Å². The molecule has 0 heterocycles. The van der Waals surface area contributed by atoms with Crippen LogP contribution in [0.1, 0.15) is 22.8 Å². The fourth-order valence-electron chi connectivity index (χ4n) is 2.03. The molecule has 0 aromatic heterocycles. The number of carbonyl (C=O) groups excluding carboxylic acids is 2. The highest BCUT2D eigenvalue weighted by Gasteiger charge is 2.21. The number of methoxy groups -OCH3 is 1. The fraction of sp³-hybridized carbons (Fsp3) is 0.167. The van der Waals surface area contributed by atoms with Crippen LogP contribution in [-0.2, 0) is 14.4 Å². The first-order valence-corrected chi connectivity index (χ1v) is 7.14. The minimum atomic E-state index is -0.937. The molecule has 124 valence electrons. The summed E-state index contributed by atoms with van der Waals surface area (Å²) in [5, 5.41) is 3.85. The average Bonchev–Trinajstić information content (AvgIpc) is 2.61. The molecule has 0 aliphatic rings. The summed E-state index contributed by atoms with van der Waals surface area (Å²) in [5.41, 5.74) is 1.75. The Morgan fingerprint density at radius 3 is 2.25 bits per heavy atom. The molecule has 2 aromatic carbocycles. The predicted octanol–water partition coefficient (Wildman–Crippen LogP) is 3.21. The minimum absolute atomic E-state index is 0.144. The Morgan fingerprint density at radius 2 is 1.62 bits per heavy atom. The molecular weight excluding hydrogens is 310 g/mol. The normalized spacial score (nSPS) is 10.9. The van der Waals surface area contributed by atoms with Crippen molar-refractivity contribution in [2.45, 2.75) is 6.92 Å². The molecule has 0 amide bonds. The van der Waals surface area contributed by atoms with Crippen LogP contribution in [0, 0.1) is 0 Å². The number of esters is 1. The van der Waals surface area contributed by atoms with E-state index in [0.29, 0.717) is 5.75 Å². The van der Waals surface area contributed by atoms with Crippen molar-refractivity contribution in [3.63, 3.8) is 0 Å². The number of Topliss-reactive ketones (excluding diaryl/α,β-unsaturated/α-hetero) is 1. The first-order chi connectivity index (χ1) is 11.6. The number of hydrogen-bond donors (Lipinski definition) is 0. The Balaban J connectivity index is 2.24. The van der Waals surface area contributed by atoms with Crippen LogP contribution in [-0.4, -0.2) is 31.7 Å². The molecule has 0 saturated carbocycles. The zero-order valence-electron chi connectivity index (χ0n) is 13.6. The van der Waals surface area contributed by atoms with Crippen molar-refractivity contribution < 1.29 is 23.9 Å². The van der Waals surface area contributed by atoms with Gasteiger partial charge in [0.05, 0.1) is 18.4 Å². The Hall–Kier alpha value is -3.15. The lowest BCUT2D eigenvalue weighted by atomic mass is 10.1. The van der Waals surface area contributed by atoms with Gasteiger partial charge in [-0.3, -0.25) is 4.79 Å². The third-order valence-corrected chi connectivity index (χ3v) is 3.23. The van der Waals surface area contributed by atoms with Gasteiger partial charge in [0.15, 0.2) is 0 Å². The van der Waals surface area contributed by atoms with Gasteiger partial charge in [-0.2, -0.15) is 0 Å². The van der Waals surface area contributed by atoms with E-state index < -0.39 is 11.8 Å². The molecule has 0 N–H and O–H groups in total. The summed E-state index contributed by atoms with van der Waals surface area (Å²) >= 11 is 0. The third kappa shape index (κ3) is 3.98. The number of ketones is 1. The molecule has 0 unspecified atom stereocenters. The van der Waals surface area contributed by atoms with Crippen molar-refractivity contribution in [1.29, 1.82) is 0 Å². The molecule has 0 atom stereocenters. The Kier molecular flexibility index (Phi) is 5.68. The SMILES string of the molecule is CO/N=C(\C)c1ccc(Oc2ccccc2C(=O)C(=O)OC)cc1. The van der Waals surface area contributed by atoms with Crippen LogP contribution in [0.4, 0.5) is 0 Å². The van der Waals surface area contributed by atoms with Gasteiger partial charge in [-0.05, 0) is 48.9 Å². The quantitative estimate of drug-likeness (QED) is 0.268. The molecule has 0 bridgehead atoms. The predicted molar refractivity (Wildman–Crippen MR) is 88.5 cm³/mol. The first kappa shape index (κ1) is 17.2. The molecule has 6 heteroatoms. The fourth-order valence-corrected chi connectivity index (χ4v) is 2.03. The molecule has 6 nitrogen and oxygen atoms in total. The lowest BCUT2D eigenvalue weighted by molar-refractivity contribution is -0.135. The summed E-state index contributed by atoms with van der Waals surface area (Å²) in [7, 11) is 2.64. The molecule has 0 saturated heterocycles. The topological polar surface area (TPSA) is 74.2 Å². The van der Waals surface area contributed by atoms with Gasteiger partial charge < -0.3 is 14.3 Å². The van der Waals surface area contributed by atoms with Crippen LogP contribution in [0.15, 0.2) is 53.7 Å². The minimum Gasteiger partial charge on any atom is -0.463 e. The molecule has 0 spiro atoms. The number of hydrogen-bond acceptors (Lipinski definition) is 6. The first-order valence-electron chi connectivity index (χ1n) is 7.14. The molecule has 0 radical (unpaired) electrons.